The molecule has 1 aliphatic rings. The summed E-state index contributed by atoms with van der Waals surface area (Å²) in [5.41, 5.74) is 2.36. The van der Waals surface area contributed by atoms with Gasteiger partial charge in [0.05, 0.1) is 19.2 Å². The fourth-order valence-corrected chi connectivity index (χ4v) is 4.32. The highest BCUT2D eigenvalue weighted by molar-refractivity contribution is 7.10. The molecule has 1 aromatic carbocycles. The summed E-state index contributed by atoms with van der Waals surface area (Å²) in [5.74, 6) is -0.0201. The number of carbonyl (C=O) groups excluding carboxylic acids is 2. The fraction of sp³-hybridized carbons (Fsp3) is 0.455. The number of ether oxygens (including phenoxy) is 1. The molecule has 1 fully saturated rings. The van der Waals surface area contributed by atoms with Gasteiger partial charge in [0.25, 0.3) is 0 Å². The van der Waals surface area contributed by atoms with Gasteiger partial charge in [0, 0.05) is 24.0 Å². The van der Waals surface area contributed by atoms with Gasteiger partial charge in [-0.15, -0.1) is 11.3 Å². The largest absolute Gasteiger partial charge is 0.450 e. The van der Waals surface area contributed by atoms with Crippen LogP contribution in [0.4, 0.5) is 4.79 Å². The number of hydrogen-bond acceptors (Lipinski definition) is 5. The zero-order valence-electron chi connectivity index (χ0n) is 17.0. The fourth-order valence-electron chi connectivity index (χ4n) is 3.49. The van der Waals surface area contributed by atoms with Crippen LogP contribution in [-0.4, -0.2) is 49.2 Å². The Kier molecular flexibility index (Phi) is 7.66. The third-order valence-electron chi connectivity index (χ3n) is 5.09. The molecule has 7 heteroatoms. The van der Waals surface area contributed by atoms with E-state index in [4.69, 9.17) is 4.74 Å². The molecule has 0 bridgehead atoms. The number of carbonyl (C=O) groups is 2. The van der Waals surface area contributed by atoms with Gasteiger partial charge >= 0.3 is 6.09 Å². The molecular weight excluding hydrogens is 386 g/mol. The predicted octanol–water partition coefficient (Wildman–Crippen LogP) is 3.47. The minimum atomic E-state index is -0.268. The van der Waals surface area contributed by atoms with Gasteiger partial charge in [-0.25, -0.2) is 4.79 Å². The summed E-state index contributed by atoms with van der Waals surface area (Å²) < 4.78 is 5.04. The Balaban J connectivity index is 1.51. The number of thiophene rings is 1. The van der Waals surface area contributed by atoms with Crippen molar-refractivity contribution in [3.63, 3.8) is 0 Å². The quantitative estimate of drug-likeness (QED) is 0.726. The molecule has 6 nitrogen and oxygen atoms in total. The summed E-state index contributed by atoms with van der Waals surface area (Å²) in [4.78, 5) is 27.2. The summed E-state index contributed by atoms with van der Waals surface area (Å²) >= 11 is 1.68. The van der Waals surface area contributed by atoms with Crippen molar-refractivity contribution < 1.29 is 14.3 Å². The van der Waals surface area contributed by atoms with Crippen molar-refractivity contribution in [2.45, 2.75) is 38.8 Å². The topological polar surface area (TPSA) is 70.7 Å². The normalized spacial score (nSPS) is 15.7. The third kappa shape index (κ3) is 6.05. The molecule has 2 amide bonds. The summed E-state index contributed by atoms with van der Waals surface area (Å²) in [6.45, 7) is 5.72. The maximum Gasteiger partial charge on any atom is 0.409 e. The van der Waals surface area contributed by atoms with Crippen molar-refractivity contribution in [2.75, 3.05) is 26.2 Å². The highest BCUT2D eigenvalue weighted by Crippen LogP contribution is 2.26. The lowest BCUT2D eigenvalue weighted by Gasteiger charge is -2.31. The first kappa shape index (κ1) is 21.3. The minimum absolute atomic E-state index is 0.00740. The van der Waals surface area contributed by atoms with E-state index in [9.17, 15) is 9.59 Å². The molecule has 29 heavy (non-hydrogen) atoms. The second-order valence-corrected chi connectivity index (χ2v) is 8.25. The number of hydrogen-bond donors (Lipinski definition) is 2. The number of aryl methyl sites for hydroxylation is 1. The lowest BCUT2D eigenvalue weighted by molar-refractivity contribution is -0.121. The molecule has 1 atom stereocenters. The lowest BCUT2D eigenvalue weighted by Crippen LogP contribution is -2.48. The maximum absolute atomic E-state index is 12.5. The van der Waals surface area contributed by atoms with Crippen LogP contribution in [-0.2, 0) is 9.53 Å². The van der Waals surface area contributed by atoms with Crippen LogP contribution in [0.25, 0.3) is 0 Å². The molecule has 2 aromatic rings. The number of nitrogens with zero attached hydrogens (tertiary/aromatic N) is 1. The van der Waals surface area contributed by atoms with Gasteiger partial charge < -0.3 is 15.0 Å². The highest BCUT2D eigenvalue weighted by Gasteiger charge is 2.25. The van der Waals surface area contributed by atoms with E-state index in [1.807, 2.05) is 6.07 Å². The average molecular weight is 416 g/mol. The first-order valence-corrected chi connectivity index (χ1v) is 11.0. The molecule has 0 aliphatic carbocycles. The van der Waals surface area contributed by atoms with Gasteiger partial charge in [-0.2, -0.15) is 0 Å². The standard InChI is InChI=1S/C22H29N3O3S/c1-3-28-22(27)25-12-10-18(11-13-25)24-20(26)15-23-21(19-5-4-14-29-19)17-8-6-16(2)7-9-17/h4-9,14,18,21,23H,3,10-13,15H2,1-2H3,(H,24,26)/t21-/m1/s1. The molecule has 156 valence electrons. The van der Waals surface area contributed by atoms with Crippen LogP contribution in [0.5, 0.6) is 0 Å². The van der Waals surface area contributed by atoms with Crippen LogP contribution in [0.2, 0.25) is 0 Å². The molecule has 0 saturated carbocycles. The summed E-state index contributed by atoms with van der Waals surface area (Å²) in [5, 5.41) is 8.55. The van der Waals surface area contributed by atoms with E-state index in [0.717, 1.165) is 18.4 Å². The number of likely N-dealkylation sites (tertiary alicyclic amines) is 1. The first-order chi connectivity index (χ1) is 14.1. The SMILES string of the molecule is CCOC(=O)N1CCC(NC(=O)CN[C@H](c2ccc(C)cc2)c2cccs2)CC1. The van der Waals surface area contributed by atoms with Gasteiger partial charge in [-0.05, 0) is 43.7 Å². The van der Waals surface area contributed by atoms with E-state index in [1.165, 1.54) is 10.4 Å². The highest BCUT2D eigenvalue weighted by atomic mass is 32.1. The van der Waals surface area contributed by atoms with E-state index in [1.54, 1.807) is 23.2 Å². The lowest BCUT2D eigenvalue weighted by atomic mass is 10.0. The number of nitrogens with one attached hydrogen (secondary N) is 2. The molecule has 0 radical (unpaired) electrons. The van der Waals surface area contributed by atoms with Crippen LogP contribution < -0.4 is 10.6 Å². The van der Waals surface area contributed by atoms with Crippen LogP contribution in [0.3, 0.4) is 0 Å². The smallest absolute Gasteiger partial charge is 0.409 e. The van der Waals surface area contributed by atoms with E-state index in [0.29, 0.717) is 19.7 Å². The Morgan fingerprint density at radius 1 is 1.21 bits per heavy atom. The van der Waals surface area contributed by atoms with Gasteiger partial charge in [0.2, 0.25) is 5.91 Å². The monoisotopic (exact) mass is 415 g/mol. The zero-order chi connectivity index (χ0) is 20.6. The second-order valence-electron chi connectivity index (χ2n) is 7.27. The van der Waals surface area contributed by atoms with Crippen LogP contribution in [0.1, 0.15) is 41.8 Å². The predicted molar refractivity (Wildman–Crippen MR) is 115 cm³/mol. The Bertz CT molecular complexity index is 784. The van der Waals surface area contributed by atoms with Crippen molar-refractivity contribution in [3.05, 3.63) is 57.8 Å². The molecule has 2 heterocycles. The van der Waals surface area contributed by atoms with Crippen molar-refractivity contribution in [1.82, 2.24) is 15.5 Å². The van der Waals surface area contributed by atoms with Crippen molar-refractivity contribution in [2.24, 2.45) is 0 Å². The summed E-state index contributed by atoms with van der Waals surface area (Å²) in [7, 11) is 0. The van der Waals surface area contributed by atoms with Crippen LogP contribution in [0.15, 0.2) is 41.8 Å². The molecule has 1 aromatic heterocycles. The van der Waals surface area contributed by atoms with Crippen molar-refractivity contribution in [1.29, 1.82) is 0 Å². The van der Waals surface area contributed by atoms with Crippen molar-refractivity contribution in [3.8, 4) is 0 Å². The molecule has 2 N–H and O–H groups in total. The van der Waals surface area contributed by atoms with Crippen LogP contribution >= 0.6 is 11.3 Å². The number of benzene rings is 1. The van der Waals surface area contributed by atoms with E-state index in [2.05, 4.69) is 53.3 Å². The van der Waals surface area contributed by atoms with Gasteiger partial charge in [0.1, 0.15) is 0 Å². The minimum Gasteiger partial charge on any atom is -0.450 e. The van der Waals surface area contributed by atoms with Crippen LogP contribution in [0, 0.1) is 6.92 Å². The second kappa shape index (κ2) is 10.4. The summed E-state index contributed by atoms with van der Waals surface area (Å²) in [6, 6.07) is 12.6. The molecule has 3 rings (SSSR count). The Labute approximate surface area is 176 Å². The first-order valence-electron chi connectivity index (χ1n) is 10.1. The third-order valence-corrected chi connectivity index (χ3v) is 6.03. The molecule has 0 spiro atoms. The molecule has 1 aliphatic heterocycles. The molecular formula is C22H29N3O3S. The Morgan fingerprint density at radius 3 is 2.55 bits per heavy atom. The summed E-state index contributed by atoms with van der Waals surface area (Å²) in [6.07, 6.45) is 1.23. The van der Waals surface area contributed by atoms with E-state index in [-0.39, 0.29) is 30.6 Å². The average Bonchev–Trinajstić information content (AvgIpc) is 3.25. The number of piperidine rings is 1. The van der Waals surface area contributed by atoms with E-state index >= 15 is 0 Å². The molecule has 0 unspecified atom stereocenters. The number of amides is 2. The number of rotatable bonds is 7. The van der Waals surface area contributed by atoms with Gasteiger partial charge in [-0.3, -0.25) is 10.1 Å². The Hall–Kier alpha value is -2.38. The van der Waals surface area contributed by atoms with Gasteiger partial charge in [-0.1, -0.05) is 35.9 Å². The van der Waals surface area contributed by atoms with Gasteiger partial charge in [0.15, 0.2) is 0 Å². The van der Waals surface area contributed by atoms with Crippen molar-refractivity contribution >= 4 is 23.3 Å². The van der Waals surface area contributed by atoms with E-state index < -0.39 is 0 Å². The zero-order valence-corrected chi connectivity index (χ0v) is 17.8. The Morgan fingerprint density at radius 2 is 1.93 bits per heavy atom. The molecule has 1 saturated heterocycles. The maximum atomic E-state index is 12.5.